The molecule has 0 spiro atoms. The minimum atomic E-state index is -0.943. The number of para-hydroxylation sites is 1. The van der Waals surface area contributed by atoms with E-state index in [1.54, 1.807) is 36.4 Å². The van der Waals surface area contributed by atoms with E-state index in [4.69, 9.17) is 18.9 Å². The van der Waals surface area contributed by atoms with Crippen molar-refractivity contribution in [3.05, 3.63) is 53.6 Å². The number of amides is 1. The lowest BCUT2D eigenvalue weighted by atomic mass is 10.2. The molecule has 1 heterocycles. The van der Waals surface area contributed by atoms with Crippen LogP contribution in [0.1, 0.15) is 29.8 Å². The summed E-state index contributed by atoms with van der Waals surface area (Å²) in [4.78, 5) is 24.6. The Kier molecular flexibility index (Phi) is 5.80. The van der Waals surface area contributed by atoms with E-state index in [0.29, 0.717) is 23.9 Å². The molecule has 2 aromatic rings. The zero-order valence-corrected chi connectivity index (χ0v) is 15.2. The normalized spacial score (nSPS) is 13.0. The maximum Gasteiger partial charge on any atom is 0.342 e. The molecule has 27 heavy (non-hydrogen) atoms. The summed E-state index contributed by atoms with van der Waals surface area (Å²) in [5.74, 6) is 0.756. The molecule has 0 radical (unpaired) electrons. The number of fused-ring (bicyclic) bond motifs is 1. The molecular formula is C20H21NO6. The van der Waals surface area contributed by atoms with Crippen LogP contribution < -0.4 is 19.5 Å². The fourth-order valence-electron chi connectivity index (χ4n) is 2.58. The molecule has 0 saturated carbocycles. The zero-order valence-electron chi connectivity index (χ0n) is 15.2. The van der Waals surface area contributed by atoms with Crippen molar-refractivity contribution in [2.24, 2.45) is 0 Å². The topological polar surface area (TPSA) is 83.1 Å². The minimum Gasteiger partial charge on any atom is -0.493 e. The molecule has 1 N–H and O–H groups in total. The van der Waals surface area contributed by atoms with E-state index in [1.807, 2.05) is 13.0 Å². The third-order valence-electron chi connectivity index (χ3n) is 3.96. The molecule has 0 fully saturated rings. The predicted octanol–water partition coefficient (Wildman–Crippen LogP) is 2.68. The van der Waals surface area contributed by atoms with E-state index >= 15 is 0 Å². The van der Waals surface area contributed by atoms with Gasteiger partial charge >= 0.3 is 5.97 Å². The Morgan fingerprint density at radius 1 is 1.15 bits per heavy atom. The highest BCUT2D eigenvalue weighted by Crippen LogP contribution is 2.32. The number of benzene rings is 2. The summed E-state index contributed by atoms with van der Waals surface area (Å²) in [7, 11) is 0. The maximum absolute atomic E-state index is 12.3. The SMILES string of the molecule is CCOc1ccccc1C(=O)OC(C)C(=O)NCc1ccc2c(c1)OCO2. The van der Waals surface area contributed by atoms with Gasteiger partial charge in [0.2, 0.25) is 6.79 Å². The molecule has 3 rings (SSSR count). The molecule has 7 heteroatoms. The Labute approximate surface area is 157 Å². The van der Waals surface area contributed by atoms with Gasteiger partial charge < -0.3 is 24.3 Å². The highest BCUT2D eigenvalue weighted by Gasteiger charge is 2.21. The lowest BCUT2D eigenvalue weighted by molar-refractivity contribution is -0.129. The van der Waals surface area contributed by atoms with Gasteiger partial charge in [-0.2, -0.15) is 0 Å². The molecule has 1 amide bonds. The van der Waals surface area contributed by atoms with E-state index < -0.39 is 18.0 Å². The van der Waals surface area contributed by atoms with E-state index in [1.165, 1.54) is 6.92 Å². The number of rotatable bonds is 7. The van der Waals surface area contributed by atoms with Crippen molar-refractivity contribution in [1.82, 2.24) is 5.32 Å². The number of esters is 1. The first-order chi connectivity index (χ1) is 13.1. The van der Waals surface area contributed by atoms with Crippen molar-refractivity contribution in [1.29, 1.82) is 0 Å². The van der Waals surface area contributed by atoms with Crippen LogP contribution in [0.15, 0.2) is 42.5 Å². The second-order valence-corrected chi connectivity index (χ2v) is 5.88. The number of ether oxygens (including phenoxy) is 4. The molecule has 0 aromatic heterocycles. The number of nitrogens with one attached hydrogen (secondary N) is 1. The minimum absolute atomic E-state index is 0.196. The Morgan fingerprint density at radius 3 is 2.74 bits per heavy atom. The lowest BCUT2D eigenvalue weighted by Crippen LogP contribution is -2.35. The van der Waals surface area contributed by atoms with Gasteiger partial charge in [0.25, 0.3) is 5.91 Å². The van der Waals surface area contributed by atoms with Crippen molar-refractivity contribution >= 4 is 11.9 Å². The number of hydrogen-bond donors (Lipinski definition) is 1. The standard InChI is InChI=1S/C20H21NO6/c1-3-24-16-7-5-4-6-15(16)20(23)27-13(2)19(22)21-11-14-8-9-17-18(10-14)26-12-25-17/h4-10,13H,3,11-12H2,1-2H3,(H,21,22). The van der Waals surface area contributed by atoms with Gasteiger partial charge in [-0.1, -0.05) is 18.2 Å². The zero-order chi connectivity index (χ0) is 19.2. The quantitative estimate of drug-likeness (QED) is 0.754. The summed E-state index contributed by atoms with van der Waals surface area (Å²) in [5, 5.41) is 2.74. The van der Waals surface area contributed by atoms with E-state index in [2.05, 4.69) is 5.32 Å². The highest BCUT2D eigenvalue weighted by atomic mass is 16.7. The van der Waals surface area contributed by atoms with Crippen LogP contribution in [0, 0.1) is 0 Å². The average molecular weight is 371 g/mol. The fraction of sp³-hybridized carbons (Fsp3) is 0.300. The van der Waals surface area contributed by atoms with Crippen LogP contribution >= 0.6 is 0 Å². The van der Waals surface area contributed by atoms with Crippen molar-refractivity contribution in [2.75, 3.05) is 13.4 Å². The Morgan fingerprint density at radius 2 is 1.93 bits per heavy atom. The second-order valence-electron chi connectivity index (χ2n) is 5.88. The van der Waals surface area contributed by atoms with E-state index in [0.717, 1.165) is 5.56 Å². The molecule has 142 valence electrons. The van der Waals surface area contributed by atoms with Crippen molar-refractivity contribution in [3.8, 4) is 17.2 Å². The first-order valence-electron chi connectivity index (χ1n) is 8.67. The van der Waals surface area contributed by atoms with Crippen LogP contribution in [0.4, 0.5) is 0 Å². The highest BCUT2D eigenvalue weighted by molar-refractivity contribution is 5.94. The summed E-state index contributed by atoms with van der Waals surface area (Å²) >= 11 is 0. The van der Waals surface area contributed by atoms with Crippen molar-refractivity contribution in [3.63, 3.8) is 0 Å². The van der Waals surface area contributed by atoms with Crippen LogP contribution in [-0.2, 0) is 16.1 Å². The van der Waals surface area contributed by atoms with Crippen LogP contribution in [0.5, 0.6) is 17.2 Å². The molecule has 1 aliphatic rings. The third-order valence-corrected chi connectivity index (χ3v) is 3.96. The molecule has 0 aliphatic carbocycles. The molecule has 0 bridgehead atoms. The van der Waals surface area contributed by atoms with Crippen LogP contribution in [0.3, 0.4) is 0 Å². The number of hydrogen-bond acceptors (Lipinski definition) is 6. The van der Waals surface area contributed by atoms with Crippen molar-refractivity contribution < 1.29 is 28.5 Å². The van der Waals surface area contributed by atoms with Gasteiger partial charge in [-0.05, 0) is 43.7 Å². The molecule has 1 unspecified atom stereocenters. The van der Waals surface area contributed by atoms with Gasteiger partial charge in [0, 0.05) is 6.54 Å². The lowest BCUT2D eigenvalue weighted by Gasteiger charge is -2.15. The Balaban J connectivity index is 1.55. The van der Waals surface area contributed by atoms with Gasteiger partial charge in [-0.15, -0.1) is 0 Å². The van der Waals surface area contributed by atoms with Crippen molar-refractivity contribution in [2.45, 2.75) is 26.5 Å². The maximum atomic E-state index is 12.3. The Hall–Kier alpha value is -3.22. The molecular weight excluding hydrogens is 350 g/mol. The first-order valence-corrected chi connectivity index (χ1v) is 8.67. The predicted molar refractivity (Wildman–Crippen MR) is 96.9 cm³/mol. The first kappa shape index (κ1) is 18.6. The van der Waals surface area contributed by atoms with E-state index in [9.17, 15) is 9.59 Å². The fourth-order valence-corrected chi connectivity index (χ4v) is 2.58. The molecule has 1 aliphatic heterocycles. The van der Waals surface area contributed by atoms with Gasteiger partial charge in [0.15, 0.2) is 17.6 Å². The molecule has 7 nitrogen and oxygen atoms in total. The number of carbonyl (C=O) groups excluding carboxylic acids is 2. The summed E-state index contributed by atoms with van der Waals surface area (Å²) in [6.07, 6.45) is -0.943. The summed E-state index contributed by atoms with van der Waals surface area (Å²) in [6.45, 7) is 4.26. The van der Waals surface area contributed by atoms with Gasteiger partial charge in [0.1, 0.15) is 11.3 Å². The molecule has 2 aromatic carbocycles. The second kappa shape index (κ2) is 8.44. The van der Waals surface area contributed by atoms with Gasteiger partial charge in [-0.3, -0.25) is 4.79 Å². The Bertz CT molecular complexity index is 835. The average Bonchev–Trinajstić information content (AvgIpc) is 3.14. The monoisotopic (exact) mass is 371 g/mol. The van der Waals surface area contributed by atoms with E-state index in [-0.39, 0.29) is 18.9 Å². The third kappa shape index (κ3) is 4.49. The van der Waals surface area contributed by atoms with Crippen LogP contribution in [0.2, 0.25) is 0 Å². The van der Waals surface area contributed by atoms with Gasteiger partial charge in [0.05, 0.1) is 6.61 Å². The summed E-state index contributed by atoms with van der Waals surface area (Å²) < 4.78 is 21.3. The van der Waals surface area contributed by atoms with Gasteiger partial charge in [-0.25, -0.2) is 4.79 Å². The summed E-state index contributed by atoms with van der Waals surface area (Å²) in [6, 6.07) is 12.2. The largest absolute Gasteiger partial charge is 0.493 e. The molecule has 1 atom stereocenters. The number of carbonyl (C=O) groups is 2. The van der Waals surface area contributed by atoms with Crippen LogP contribution in [0.25, 0.3) is 0 Å². The summed E-state index contributed by atoms with van der Waals surface area (Å²) in [5.41, 5.74) is 1.14. The van der Waals surface area contributed by atoms with Crippen LogP contribution in [-0.4, -0.2) is 31.4 Å². The smallest absolute Gasteiger partial charge is 0.342 e. The molecule has 0 saturated heterocycles.